The summed E-state index contributed by atoms with van der Waals surface area (Å²) < 4.78 is 0. The molecule has 5 heteroatoms. The van der Waals surface area contributed by atoms with Crippen LogP contribution < -0.4 is 5.32 Å². The van der Waals surface area contributed by atoms with Crippen LogP contribution >= 0.6 is 11.6 Å². The Morgan fingerprint density at radius 1 is 1.14 bits per heavy atom. The van der Waals surface area contributed by atoms with Crippen LogP contribution in [0.5, 0.6) is 0 Å². The number of carbonyl (C=O) groups is 1. The van der Waals surface area contributed by atoms with Gasteiger partial charge in [-0.25, -0.2) is 0 Å². The number of rotatable bonds is 3. The largest absolute Gasteiger partial charge is 0.411 e. The van der Waals surface area contributed by atoms with Crippen molar-refractivity contribution in [1.82, 2.24) is 0 Å². The minimum Gasteiger partial charge on any atom is -0.411 e. The van der Waals surface area contributed by atoms with E-state index in [1.807, 2.05) is 6.92 Å². The molecule has 0 bridgehead atoms. The highest BCUT2D eigenvalue weighted by Crippen LogP contribution is 2.17. The molecule has 0 spiro atoms. The van der Waals surface area contributed by atoms with Crippen molar-refractivity contribution in [2.24, 2.45) is 5.16 Å². The predicted octanol–water partition coefficient (Wildman–Crippen LogP) is 4.10. The highest BCUT2D eigenvalue weighted by molar-refractivity contribution is 6.31. The maximum Gasteiger partial charge on any atom is 0.255 e. The number of anilines is 1. The van der Waals surface area contributed by atoms with E-state index < -0.39 is 0 Å². The number of benzene rings is 2. The van der Waals surface area contributed by atoms with Gasteiger partial charge in [0, 0.05) is 16.3 Å². The molecule has 0 aliphatic carbocycles. The maximum absolute atomic E-state index is 12.2. The van der Waals surface area contributed by atoms with Crippen LogP contribution in [0.2, 0.25) is 5.02 Å². The molecule has 0 fully saturated rings. The molecule has 0 radical (unpaired) electrons. The number of hydrogen-bond donors (Lipinski definition) is 2. The first kappa shape index (κ1) is 15.1. The summed E-state index contributed by atoms with van der Waals surface area (Å²) in [5, 5.41) is 15.2. The van der Waals surface area contributed by atoms with Crippen LogP contribution in [0.4, 0.5) is 5.69 Å². The average molecular weight is 303 g/mol. The van der Waals surface area contributed by atoms with Gasteiger partial charge in [-0.05, 0) is 55.3 Å². The summed E-state index contributed by atoms with van der Waals surface area (Å²) in [4.78, 5) is 12.2. The number of aryl methyl sites for hydroxylation is 1. The summed E-state index contributed by atoms with van der Waals surface area (Å²) >= 11 is 5.95. The lowest BCUT2D eigenvalue weighted by molar-refractivity contribution is 0.102. The van der Waals surface area contributed by atoms with Gasteiger partial charge in [0.05, 0.1) is 5.71 Å². The van der Waals surface area contributed by atoms with Crippen LogP contribution in [0.3, 0.4) is 0 Å². The molecular formula is C16H15ClN2O2. The van der Waals surface area contributed by atoms with Gasteiger partial charge < -0.3 is 10.5 Å². The Hall–Kier alpha value is -2.33. The van der Waals surface area contributed by atoms with Gasteiger partial charge in [-0.2, -0.15) is 0 Å². The first-order chi connectivity index (χ1) is 9.99. The number of carbonyl (C=O) groups excluding carboxylic acids is 1. The normalized spacial score (nSPS) is 11.3. The van der Waals surface area contributed by atoms with Crippen molar-refractivity contribution in [3.05, 3.63) is 64.2 Å². The van der Waals surface area contributed by atoms with Gasteiger partial charge in [-0.3, -0.25) is 4.79 Å². The lowest BCUT2D eigenvalue weighted by atomic mass is 10.1. The first-order valence-electron chi connectivity index (χ1n) is 6.37. The summed E-state index contributed by atoms with van der Waals surface area (Å²) in [6.07, 6.45) is 0. The van der Waals surface area contributed by atoms with E-state index in [0.717, 1.165) is 11.1 Å². The smallest absolute Gasteiger partial charge is 0.255 e. The van der Waals surface area contributed by atoms with Crippen molar-refractivity contribution in [1.29, 1.82) is 0 Å². The molecule has 108 valence electrons. The second kappa shape index (κ2) is 6.41. The third-order valence-electron chi connectivity index (χ3n) is 3.01. The second-order valence-corrected chi connectivity index (χ2v) is 5.17. The fourth-order valence-corrected chi connectivity index (χ4v) is 2.21. The molecule has 4 nitrogen and oxygen atoms in total. The summed E-state index contributed by atoms with van der Waals surface area (Å²) in [7, 11) is 0. The van der Waals surface area contributed by atoms with Gasteiger partial charge in [0.15, 0.2) is 0 Å². The topological polar surface area (TPSA) is 61.7 Å². The Bertz CT molecular complexity index is 674. The summed E-state index contributed by atoms with van der Waals surface area (Å²) in [5.41, 5.74) is 3.40. The number of nitrogens with zero attached hydrogens (tertiary/aromatic N) is 1. The van der Waals surface area contributed by atoms with Crippen LogP contribution in [0.15, 0.2) is 47.6 Å². The van der Waals surface area contributed by atoms with Gasteiger partial charge in [0.1, 0.15) is 0 Å². The highest BCUT2D eigenvalue weighted by Gasteiger charge is 2.08. The standard InChI is InChI=1S/C16H15ClN2O2/c1-10-7-13(9-14(17)8-10)16(20)18-15-5-3-12(4-6-15)11(2)19-21/h3-9,21H,1-2H3,(H,18,20)/b19-11-. The van der Waals surface area contributed by atoms with Crippen molar-refractivity contribution >= 4 is 28.9 Å². The van der Waals surface area contributed by atoms with Gasteiger partial charge in [0.2, 0.25) is 0 Å². The molecule has 0 aliphatic heterocycles. The summed E-state index contributed by atoms with van der Waals surface area (Å²) in [6.45, 7) is 3.58. The molecule has 2 rings (SSSR count). The molecule has 0 unspecified atom stereocenters. The molecular weight excluding hydrogens is 288 g/mol. The van der Waals surface area contributed by atoms with E-state index in [9.17, 15) is 4.79 Å². The fourth-order valence-electron chi connectivity index (χ4n) is 1.92. The molecule has 2 N–H and O–H groups in total. The first-order valence-corrected chi connectivity index (χ1v) is 6.75. The van der Waals surface area contributed by atoms with Crippen molar-refractivity contribution in [3.63, 3.8) is 0 Å². The molecule has 0 aliphatic rings. The molecule has 0 aromatic heterocycles. The highest BCUT2D eigenvalue weighted by atomic mass is 35.5. The second-order valence-electron chi connectivity index (χ2n) is 4.73. The Morgan fingerprint density at radius 2 is 1.81 bits per heavy atom. The summed E-state index contributed by atoms with van der Waals surface area (Å²) in [6, 6.07) is 12.2. The molecule has 0 saturated carbocycles. The maximum atomic E-state index is 12.2. The third kappa shape index (κ3) is 3.83. The van der Waals surface area contributed by atoms with E-state index in [-0.39, 0.29) is 5.91 Å². The third-order valence-corrected chi connectivity index (χ3v) is 3.23. The minimum absolute atomic E-state index is 0.221. The predicted molar refractivity (Wildman–Crippen MR) is 84.6 cm³/mol. The Balaban J connectivity index is 2.16. The Labute approximate surface area is 128 Å². The average Bonchev–Trinajstić information content (AvgIpc) is 2.46. The quantitative estimate of drug-likeness (QED) is 0.509. The number of oxime groups is 1. The van der Waals surface area contributed by atoms with Gasteiger partial charge in [-0.1, -0.05) is 28.9 Å². The number of hydrogen-bond acceptors (Lipinski definition) is 3. The zero-order valence-corrected chi connectivity index (χ0v) is 12.5. The molecule has 0 saturated heterocycles. The van der Waals surface area contributed by atoms with Crippen LogP contribution in [-0.2, 0) is 0 Å². The van der Waals surface area contributed by atoms with Gasteiger partial charge >= 0.3 is 0 Å². The van der Waals surface area contributed by atoms with Crippen LogP contribution in [0, 0.1) is 6.92 Å². The number of halogens is 1. The van der Waals surface area contributed by atoms with E-state index in [4.69, 9.17) is 16.8 Å². The molecule has 0 heterocycles. The van der Waals surface area contributed by atoms with Crippen LogP contribution in [-0.4, -0.2) is 16.8 Å². The van der Waals surface area contributed by atoms with Crippen molar-refractivity contribution in [2.45, 2.75) is 13.8 Å². The van der Waals surface area contributed by atoms with Crippen molar-refractivity contribution < 1.29 is 10.0 Å². The fraction of sp³-hybridized carbons (Fsp3) is 0.125. The van der Waals surface area contributed by atoms with E-state index in [1.165, 1.54) is 0 Å². The van der Waals surface area contributed by atoms with E-state index in [0.29, 0.717) is 22.0 Å². The zero-order chi connectivity index (χ0) is 15.4. The van der Waals surface area contributed by atoms with Gasteiger partial charge in [0.25, 0.3) is 5.91 Å². The van der Waals surface area contributed by atoms with E-state index in [2.05, 4.69) is 10.5 Å². The summed E-state index contributed by atoms with van der Waals surface area (Å²) in [5.74, 6) is -0.221. The van der Waals surface area contributed by atoms with Crippen LogP contribution in [0.25, 0.3) is 0 Å². The number of nitrogens with one attached hydrogen (secondary N) is 1. The van der Waals surface area contributed by atoms with Gasteiger partial charge in [-0.15, -0.1) is 0 Å². The molecule has 2 aromatic carbocycles. The lowest BCUT2D eigenvalue weighted by Gasteiger charge is -2.07. The monoisotopic (exact) mass is 302 g/mol. The Morgan fingerprint density at radius 3 is 2.38 bits per heavy atom. The van der Waals surface area contributed by atoms with Crippen LogP contribution in [0.1, 0.15) is 28.4 Å². The van der Waals surface area contributed by atoms with Crippen molar-refractivity contribution in [2.75, 3.05) is 5.32 Å². The molecule has 0 atom stereocenters. The molecule has 21 heavy (non-hydrogen) atoms. The van der Waals surface area contributed by atoms with Crippen molar-refractivity contribution in [3.8, 4) is 0 Å². The zero-order valence-electron chi connectivity index (χ0n) is 11.7. The lowest BCUT2D eigenvalue weighted by Crippen LogP contribution is -2.12. The minimum atomic E-state index is -0.221. The number of amides is 1. The Kier molecular flexibility index (Phi) is 4.60. The SMILES string of the molecule is C/C(=N/O)c1ccc(NC(=O)c2cc(C)cc(Cl)c2)cc1. The van der Waals surface area contributed by atoms with E-state index >= 15 is 0 Å². The molecule has 1 amide bonds. The van der Waals surface area contributed by atoms with E-state index in [1.54, 1.807) is 49.4 Å². The molecule has 2 aromatic rings.